The SMILES string of the molecule is CCCN(CCC)CC(=O)O[C@H]1C[C@]2(C)[C@@H](C(C)=O)CC[C@H]2[C@@H]2CC[C@H]3C[C@H](OC=O)CC[C@]3(C)[C@H]21. The molecule has 0 aromatic carbocycles. The molecule has 36 heavy (non-hydrogen) atoms. The first kappa shape index (κ1) is 27.6. The van der Waals surface area contributed by atoms with Crippen LogP contribution in [0.25, 0.3) is 0 Å². The summed E-state index contributed by atoms with van der Waals surface area (Å²) in [6.45, 7) is 13.6. The van der Waals surface area contributed by atoms with Crippen molar-refractivity contribution in [1.29, 1.82) is 0 Å². The van der Waals surface area contributed by atoms with Crippen molar-refractivity contribution in [3.63, 3.8) is 0 Å². The average molecular weight is 504 g/mol. The fourth-order valence-corrected chi connectivity index (χ4v) is 9.58. The van der Waals surface area contributed by atoms with Crippen LogP contribution in [0.1, 0.15) is 98.8 Å². The number of hydrogen-bond donors (Lipinski definition) is 0. The monoisotopic (exact) mass is 503 g/mol. The third-order valence-electron chi connectivity index (χ3n) is 11.0. The number of ether oxygens (including phenoxy) is 2. The van der Waals surface area contributed by atoms with Gasteiger partial charge in [0.25, 0.3) is 6.47 Å². The fraction of sp³-hybridized carbons (Fsp3) is 0.900. The van der Waals surface area contributed by atoms with Crippen LogP contribution >= 0.6 is 0 Å². The minimum Gasteiger partial charge on any atom is -0.465 e. The van der Waals surface area contributed by atoms with Gasteiger partial charge in [0.1, 0.15) is 18.0 Å². The molecule has 0 radical (unpaired) electrons. The van der Waals surface area contributed by atoms with E-state index < -0.39 is 0 Å². The summed E-state index contributed by atoms with van der Waals surface area (Å²) in [5.41, 5.74) is -0.0235. The molecule has 0 N–H and O–H groups in total. The van der Waals surface area contributed by atoms with E-state index in [9.17, 15) is 14.4 Å². The van der Waals surface area contributed by atoms with Crippen LogP contribution in [0, 0.1) is 40.4 Å². The maximum Gasteiger partial charge on any atom is 0.320 e. The third kappa shape index (κ3) is 5.00. The predicted molar refractivity (Wildman–Crippen MR) is 139 cm³/mol. The number of fused-ring (bicyclic) bond motifs is 5. The standard InChI is InChI=1S/C30H49NO5/c1-6-14-31(15-7-2)18-27(34)36-26-17-30(5)24(20(3)33)10-11-25(30)23-9-8-21-16-22(35-19-32)12-13-29(21,4)28(23)26/h19,21-26,28H,6-18H2,1-5H3/t21-,22+,23-,24+,25-,26-,28+,29-,30+/m0/s1. The van der Waals surface area contributed by atoms with Gasteiger partial charge in [0.2, 0.25) is 0 Å². The van der Waals surface area contributed by atoms with Gasteiger partial charge in [0, 0.05) is 11.8 Å². The Labute approximate surface area is 218 Å². The zero-order valence-corrected chi connectivity index (χ0v) is 23.3. The summed E-state index contributed by atoms with van der Waals surface area (Å²) >= 11 is 0. The van der Waals surface area contributed by atoms with Crippen molar-refractivity contribution in [3.8, 4) is 0 Å². The lowest BCUT2D eigenvalue weighted by atomic mass is 9.43. The molecule has 0 heterocycles. The van der Waals surface area contributed by atoms with Gasteiger partial charge in [-0.05, 0) is 113 Å². The molecule has 4 aliphatic carbocycles. The number of rotatable bonds is 10. The lowest BCUT2D eigenvalue weighted by Crippen LogP contribution is -2.60. The number of hydrogen-bond acceptors (Lipinski definition) is 6. The number of Topliss-reactive ketones (excluding diaryl/α,β-unsaturated/α-hetero) is 1. The predicted octanol–water partition coefficient (Wildman–Crippen LogP) is 5.42. The highest BCUT2D eigenvalue weighted by molar-refractivity contribution is 5.79. The van der Waals surface area contributed by atoms with E-state index in [0.29, 0.717) is 42.5 Å². The molecular formula is C30H49NO5. The number of carbonyl (C=O) groups excluding carboxylic acids is 3. The molecule has 0 unspecified atom stereocenters. The van der Waals surface area contributed by atoms with Gasteiger partial charge in [-0.3, -0.25) is 19.3 Å². The summed E-state index contributed by atoms with van der Waals surface area (Å²) in [5.74, 6) is 2.05. The van der Waals surface area contributed by atoms with Gasteiger partial charge in [0.15, 0.2) is 0 Å². The molecule has 0 bridgehead atoms. The van der Waals surface area contributed by atoms with Gasteiger partial charge in [-0.25, -0.2) is 0 Å². The largest absolute Gasteiger partial charge is 0.465 e. The van der Waals surface area contributed by atoms with Crippen molar-refractivity contribution >= 4 is 18.2 Å². The number of esters is 1. The lowest BCUT2D eigenvalue weighted by Gasteiger charge is -2.62. The summed E-state index contributed by atoms with van der Waals surface area (Å²) in [5, 5.41) is 0. The normalized spacial score (nSPS) is 41.7. The van der Waals surface area contributed by atoms with E-state index in [0.717, 1.165) is 77.3 Å². The van der Waals surface area contributed by atoms with E-state index in [2.05, 4.69) is 32.6 Å². The molecule has 6 nitrogen and oxygen atoms in total. The smallest absolute Gasteiger partial charge is 0.320 e. The van der Waals surface area contributed by atoms with Crippen LogP contribution in [0.4, 0.5) is 0 Å². The van der Waals surface area contributed by atoms with Crippen molar-refractivity contribution in [1.82, 2.24) is 4.90 Å². The topological polar surface area (TPSA) is 72.9 Å². The summed E-state index contributed by atoms with van der Waals surface area (Å²) in [6.07, 6.45) is 9.84. The molecule has 4 fully saturated rings. The minimum absolute atomic E-state index is 0.0113. The molecule has 0 aromatic rings. The van der Waals surface area contributed by atoms with Gasteiger partial charge < -0.3 is 9.47 Å². The Kier molecular flexibility index (Phi) is 8.53. The van der Waals surface area contributed by atoms with Gasteiger partial charge in [-0.2, -0.15) is 0 Å². The third-order valence-corrected chi connectivity index (χ3v) is 11.0. The minimum atomic E-state index is -0.148. The Morgan fingerprint density at radius 1 is 1.00 bits per heavy atom. The van der Waals surface area contributed by atoms with Crippen LogP contribution in [0.2, 0.25) is 0 Å². The van der Waals surface area contributed by atoms with Crippen LogP contribution in [0.3, 0.4) is 0 Å². The fourth-order valence-electron chi connectivity index (χ4n) is 9.58. The molecule has 204 valence electrons. The van der Waals surface area contributed by atoms with Crippen LogP contribution in [0.5, 0.6) is 0 Å². The van der Waals surface area contributed by atoms with Gasteiger partial charge >= 0.3 is 5.97 Å². The Morgan fingerprint density at radius 3 is 2.36 bits per heavy atom. The molecule has 0 amide bonds. The molecular weight excluding hydrogens is 454 g/mol. The summed E-state index contributed by atoms with van der Waals surface area (Å²) in [7, 11) is 0. The Balaban J connectivity index is 1.62. The second-order valence-electron chi connectivity index (χ2n) is 13.0. The van der Waals surface area contributed by atoms with Crippen LogP contribution in [-0.4, -0.2) is 55.0 Å². The van der Waals surface area contributed by atoms with E-state index in [4.69, 9.17) is 9.47 Å². The highest BCUT2D eigenvalue weighted by Gasteiger charge is 2.64. The quantitative estimate of drug-likeness (QED) is 0.293. The van der Waals surface area contributed by atoms with Crippen molar-refractivity contribution in [2.45, 2.75) is 111 Å². The van der Waals surface area contributed by atoms with E-state index in [1.807, 2.05) is 0 Å². The van der Waals surface area contributed by atoms with Gasteiger partial charge in [-0.1, -0.05) is 27.7 Å². The molecule has 0 aliphatic heterocycles. The van der Waals surface area contributed by atoms with Crippen molar-refractivity contribution in [2.75, 3.05) is 19.6 Å². The van der Waals surface area contributed by atoms with E-state index in [-0.39, 0.29) is 34.9 Å². The molecule has 0 spiro atoms. The Bertz CT molecular complexity index is 809. The second kappa shape index (κ2) is 11.1. The highest BCUT2D eigenvalue weighted by Crippen LogP contribution is 2.68. The Hall–Kier alpha value is -1.43. The van der Waals surface area contributed by atoms with E-state index in [1.165, 1.54) is 0 Å². The van der Waals surface area contributed by atoms with E-state index >= 15 is 0 Å². The zero-order chi connectivity index (χ0) is 26.1. The van der Waals surface area contributed by atoms with Crippen molar-refractivity contribution in [2.24, 2.45) is 40.4 Å². The number of carbonyl (C=O) groups is 3. The highest BCUT2D eigenvalue weighted by atomic mass is 16.5. The van der Waals surface area contributed by atoms with Gasteiger partial charge in [-0.15, -0.1) is 0 Å². The van der Waals surface area contributed by atoms with Crippen LogP contribution in [0.15, 0.2) is 0 Å². The zero-order valence-electron chi connectivity index (χ0n) is 23.3. The van der Waals surface area contributed by atoms with Crippen LogP contribution < -0.4 is 0 Å². The summed E-state index contributed by atoms with van der Waals surface area (Å²) < 4.78 is 11.9. The first-order valence-corrected chi connectivity index (χ1v) is 14.7. The second-order valence-corrected chi connectivity index (χ2v) is 13.0. The molecule has 0 aromatic heterocycles. The van der Waals surface area contributed by atoms with Gasteiger partial charge in [0.05, 0.1) is 6.54 Å². The first-order chi connectivity index (χ1) is 17.2. The maximum absolute atomic E-state index is 13.4. The number of nitrogens with zero attached hydrogens (tertiary/aromatic N) is 1. The maximum atomic E-state index is 13.4. The molecule has 0 saturated heterocycles. The average Bonchev–Trinajstić information content (AvgIpc) is 3.16. The molecule has 4 saturated carbocycles. The summed E-state index contributed by atoms with van der Waals surface area (Å²) in [6, 6.07) is 0. The van der Waals surface area contributed by atoms with Crippen LogP contribution in [-0.2, 0) is 23.9 Å². The molecule has 6 heteroatoms. The Morgan fingerprint density at radius 2 is 1.72 bits per heavy atom. The number of ketones is 1. The molecule has 9 atom stereocenters. The summed E-state index contributed by atoms with van der Waals surface area (Å²) in [4.78, 5) is 39.3. The lowest BCUT2D eigenvalue weighted by molar-refractivity contribution is -0.201. The molecule has 4 rings (SSSR count). The van der Waals surface area contributed by atoms with Crippen molar-refractivity contribution < 1.29 is 23.9 Å². The van der Waals surface area contributed by atoms with E-state index in [1.54, 1.807) is 6.92 Å². The first-order valence-electron chi connectivity index (χ1n) is 14.7. The van der Waals surface area contributed by atoms with Crippen molar-refractivity contribution in [3.05, 3.63) is 0 Å². The molecule has 4 aliphatic rings.